The maximum atomic E-state index is 5.94. The van der Waals surface area contributed by atoms with Crippen LogP contribution in [0, 0.1) is 12.8 Å². The van der Waals surface area contributed by atoms with E-state index in [0.29, 0.717) is 17.8 Å². The van der Waals surface area contributed by atoms with Crippen molar-refractivity contribution in [3.05, 3.63) is 17.5 Å². The summed E-state index contributed by atoms with van der Waals surface area (Å²) in [5.74, 6) is 1.33. The molecule has 4 heteroatoms. The van der Waals surface area contributed by atoms with Crippen LogP contribution in [0.2, 0.25) is 0 Å². The molecule has 0 amide bonds. The summed E-state index contributed by atoms with van der Waals surface area (Å²) in [6.07, 6.45) is 1.11. The van der Waals surface area contributed by atoms with Gasteiger partial charge < -0.3 is 5.32 Å². The van der Waals surface area contributed by atoms with Gasteiger partial charge in [0.25, 0.3) is 0 Å². The lowest BCUT2D eigenvalue weighted by atomic mass is 10.1. The molecule has 1 unspecified atom stereocenters. The van der Waals surface area contributed by atoms with Crippen molar-refractivity contribution >= 4 is 11.6 Å². The van der Waals surface area contributed by atoms with Crippen LogP contribution in [0.5, 0.6) is 0 Å². The topological polar surface area (TPSA) is 29.9 Å². The third-order valence-corrected chi connectivity index (χ3v) is 2.99. The molecule has 0 radical (unpaired) electrons. The number of halogens is 1. The van der Waals surface area contributed by atoms with Gasteiger partial charge in [-0.05, 0) is 25.3 Å². The van der Waals surface area contributed by atoms with E-state index in [9.17, 15) is 0 Å². The molecule has 1 rings (SSSR count). The Bertz CT molecular complexity index is 320. The molecule has 0 saturated carbocycles. The Labute approximate surface area is 103 Å². The van der Waals surface area contributed by atoms with Crippen LogP contribution in [-0.4, -0.2) is 21.7 Å². The number of alkyl halides is 1. The summed E-state index contributed by atoms with van der Waals surface area (Å²) in [7, 11) is 1.97. The first-order valence-electron chi connectivity index (χ1n) is 5.81. The molecule has 0 spiro atoms. The van der Waals surface area contributed by atoms with Crippen LogP contribution in [0.15, 0.2) is 6.07 Å². The van der Waals surface area contributed by atoms with Gasteiger partial charge in [0.1, 0.15) is 0 Å². The molecule has 1 aromatic rings. The molecule has 0 aliphatic heterocycles. The van der Waals surface area contributed by atoms with E-state index in [-0.39, 0.29) is 0 Å². The lowest BCUT2D eigenvalue weighted by Crippen LogP contribution is -2.32. The average molecular weight is 244 g/mol. The second-order valence-electron chi connectivity index (χ2n) is 4.76. The number of nitrogens with zero attached hydrogens (tertiary/aromatic N) is 2. The Morgan fingerprint density at radius 3 is 2.62 bits per heavy atom. The molecule has 1 N–H and O–H groups in total. The predicted molar refractivity (Wildman–Crippen MR) is 68.7 cm³/mol. The fourth-order valence-electron chi connectivity index (χ4n) is 1.85. The lowest BCUT2D eigenvalue weighted by molar-refractivity contribution is 0.438. The van der Waals surface area contributed by atoms with Gasteiger partial charge in [0, 0.05) is 25.5 Å². The van der Waals surface area contributed by atoms with E-state index in [1.807, 2.05) is 18.7 Å². The summed E-state index contributed by atoms with van der Waals surface area (Å²) in [6.45, 7) is 7.28. The van der Waals surface area contributed by atoms with Crippen LogP contribution in [0.3, 0.4) is 0 Å². The Morgan fingerprint density at radius 2 is 2.19 bits per heavy atom. The minimum absolute atomic E-state index is 0.386. The van der Waals surface area contributed by atoms with Gasteiger partial charge in [-0.15, -0.1) is 11.6 Å². The highest BCUT2D eigenvalue weighted by atomic mass is 35.5. The van der Waals surface area contributed by atoms with Crippen LogP contribution in [0.4, 0.5) is 0 Å². The third-order valence-electron chi connectivity index (χ3n) is 2.61. The summed E-state index contributed by atoms with van der Waals surface area (Å²) in [5, 5.41) is 7.80. The van der Waals surface area contributed by atoms with Gasteiger partial charge in [0.15, 0.2) is 0 Å². The van der Waals surface area contributed by atoms with Crippen molar-refractivity contribution in [3.8, 4) is 0 Å². The van der Waals surface area contributed by atoms with E-state index in [1.165, 1.54) is 5.69 Å². The second kappa shape index (κ2) is 6.26. The predicted octanol–water partition coefficient (Wildman–Crippen LogP) is 2.47. The molecule has 0 fully saturated rings. The minimum Gasteiger partial charge on any atom is -0.307 e. The van der Waals surface area contributed by atoms with Crippen molar-refractivity contribution < 1.29 is 0 Å². The van der Waals surface area contributed by atoms with Gasteiger partial charge in [0.05, 0.1) is 11.4 Å². The molecule has 92 valence electrons. The largest absolute Gasteiger partial charge is 0.307 e. The SMILES string of the molecule is Cc1cc(CNC(CCl)CC(C)C)n(C)n1. The van der Waals surface area contributed by atoms with Crippen LogP contribution < -0.4 is 5.32 Å². The molecule has 1 heterocycles. The fraction of sp³-hybridized carbons (Fsp3) is 0.750. The molecular formula is C12H22ClN3. The molecule has 1 aromatic heterocycles. The molecule has 0 saturated heterocycles. The van der Waals surface area contributed by atoms with Crippen LogP contribution >= 0.6 is 11.6 Å². The number of hydrogen-bond donors (Lipinski definition) is 1. The zero-order valence-corrected chi connectivity index (χ0v) is 11.4. The van der Waals surface area contributed by atoms with Crippen molar-refractivity contribution in [3.63, 3.8) is 0 Å². The molecule has 0 aliphatic rings. The van der Waals surface area contributed by atoms with Crippen molar-refractivity contribution in [2.75, 3.05) is 5.88 Å². The maximum Gasteiger partial charge on any atom is 0.0597 e. The van der Waals surface area contributed by atoms with Gasteiger partial charge in [-0.3, -0.25) is 4.68 Å². The smallest absolute Gasteiger partial charge is 0.0597 e. The highest BCUT2D eigenvalue weighted by Gasteiger charge is 2.10. The lowest BCUT2D eigenvalue weighted by Gasteiger charge is -2.17. The monoisotopic (exact) mass is 243 g/mol. The normalized spacial score (nSPS) is 13.4. The average Bonchev–Trinajstić information content (AvgIpc) is 2.51. The quantitative estimate of drug-likeness (QED) is 0.778. The third kappa shape index (κ3) is 4.14. The Kier molecular flexibility index (Phi) is 5.29. The van der Waals surface area contributed by atoms with Crippen LogP contribution in [0.1, 0.15) is 31.7 Å². The Hall–Kier alpha value is -0.540. The van der Waals surface area contributed by atoms with Crippen molar-refractivity contribution in [1.82, 2.24) is 15.1 Å². The number of hydrogen-bond acceptors (Lipinski definition) is 2. The van der Waals surface area contributed by atoms with Gasteiger partial charge in [-0.1, -0.05) is 13.8 Å². The molecule has 0 aromatic carbocycles. The number of aromatic nitrogens is 2. The highest BCUT2D eigenvalue weighted by Crippen LogP contribution is 2.08. The van der Waals surface area contributed by atoms with Crippen molar-refractivity contribution in [2.45, 2.75) is 39.8 Å². The Morgan fingerprint density at radius 1 is 1.50 bits per heavy atom. The summed E-state index contributed by atoms with van der Waals surface area (Å²) in [6, 6.07) is 2.49. The number of aryl methyl sites for hydroxylation is 2. The van der Waals surface area contributed by atoms with Gasteiger partial charge in [-0.25, -0.2) is 0 Å². The van der Waals surface area contributed by atoms with Gasteiger partial charge >= 0.3 is 0 Å². The first kappa shape index (κ1) is 13.5. The molecule has 3 nitrogen and oxygen atoms in total. The van der Waals surface area contributed by atoms with Gasteiger partial charge in [0.2, 0.25) is 0 Å². The molecular weight excluding hydrogens is 222 g/mol. The zero-order chi connectivity index (χ0) is 12.1. The first-order valence-corrected chi connectivity index (χ1v) is 6.35. The van der Waals surface area contributed by atoms with E-state index in [1.54, 1.807) is 0 Å². The summed E-state index contributed by atoms with van der Waals surface area (Å²) >= 11 is 5.94. The van der Waals surface area contributed by atoms with Crippen LogP contribution in [0.25, 0.3) is 0 Å². The van der Waals surface area contributed by atoms with E-state index < -0.39 is 0 Å². The number of rotatable bonds is 6. The van der Waals surface area contributed by atoms with E-state index in [4.69, 9.17) is 11.6 Å². The molecule has 0 aliphatic carbocycles. The maximum absolute atomic E-state index is 5.94. The highest BCUT2D eigenvalue weighted by molar-refractivity contribution is 6.18. The first-order chi connectivity index (χ1) is 7.52. The summed E-state index contributed by atoms with van der Waals surface area (Å²) in [4.78, 5) is 0. The fourth-order valence-corrected chi connectivity index (χ4v) is 2.08. The molecule has 1 atom stereocenters. The molecule has 0 bridgehead atoms. The minimum atomic E-state index is 0.386. The second-order valence-corrected chi connectivity index (χ2v) is 5.07. The number of nitrogens with one attached hydrogen (secondary N) is 1. The van der Waals surface area contributed by atoms with Crippen molar-refractivity contribution in [1.29, 1.82) is 0 Å². The van der Waals surface area contributed by atoms with E-state index in [2.05, 4.69) is 30.3 Å². The van der Waals surface area contributed by atoms with E-state index >= 15 is 0 Å². The van der Waals surface area contributed by atoms with Crippen LogP contribution in [-0.2, 0) is 13.6 Å². The molecule has 16 heavy (non-hydrogen) atoms. The summed E-state index contributed by atoms with van der Waals surface area (Å²) < 4.78 is 1.92. The zero-order valence-electron chi connectivity index (χ0n) is 10.6. The van der Waals surface area contributed by atoms with Gasteiger partial charge in [-0.2, -0.15) is 5.10 Å². The van der Waals surface area contributed by atoms with Crippen molar-refractivity contribution in [2.24, 2.45) is 13.0 Å². The van der Waals surface area contributed by atoms with E-state index in [0.717, 1.165) is 18.7 Å². The summed E-state index contributed by atoms with van der Waals surface area (Å²) in [5.41, 5.74) is 2.27. The Balaban J connectivity index is 2.46. The standard InChI is InChI=1S/C12H22ClN3/c1-9(2)5-11(7-13)14-8-12-6-10(3)15-16(12)4/h6,9,11,14H,5,7-8H2,1-4H3.